The van der Waals surface area contributed by atoms with Gasteiger partial charge in [-0.2, -0.15) is 0 Å². The Hall–Kier alpha value is -2.74. The van der Waals surface area contributed by atoms with Crippen LogP contribution in [0.3, 0.4) is 0 Å². The van der Waals surface area contributed by atoms with Crippen molar-refractivity contribution in [3.63, 3.8) is 0 Å². The lowest BCUT2D eigenvalue weighted by atomic mass is 10.1. The number of hydrogen-bond acceptors (Lipinski definition) is 4. The number of para-hydroxylation sites is 1. The first-order chi connectivity index (χ1) is 15.8. The lowest BCUT2D eigenvalue weighted by molar-refractivity contribution is -0.141. The number of halogens is 2. The maximum absolute atomic E-state index is 13.6. The minimum Gasteiger partial charge on any atom is -0.464 e. The maximum Gasteiger partial charge on any atom is 0.326 e. The molecule has 0 saturated carbocycles. The van der Waals surface area contributed by atoms with Crippen LogP contribution in [0.2, 0.25) is 10.0 Å². The highest BCUT2D eigenvalue weighted by Crippen LogP contribution is 2.33. The Kier molecular flexibility index (Phi) is 6.83. The van der Waals surface area contributed by atoms with E-state index in [0.717, 1.165) is 32.5 Å². The first-order valence-electron chi connectivity index (χ1n) is 10.4. The number of ether oxygens (including phenoxy) is 1. The Morgan fingerprint density at radius 1 is 0.970 bits per heavy atom. The van der Waals surface area contributed by atoms with Crippen molar-refractivity contribution in [2.24, 2.45) is 0 Å². The molecule has 172 valence electrons. The number of carbonyl (C=O) groups excluding carboxylic acids is 1. The average molecular weight is 505 g/mol. The van der Waals surface area contributed by atoms with Crippen molar-refractivity contribution in [3.05, 3.63) is 70.7 Å². The number of nitrogens with one attached hydrogen (secondary N) is 1. The highest BCUT2D eigenvalue weighted by Gasteiger charge is 2.29. The molecule has 1 aromatic heterocycles. The van der Waals surface area contributed by atoms with Crippen molar-refractivity contribution in [1.82, 2.24) is 4.98 Å². The van der Waals surface area contributed by atoms with Crippen molar-refractivity contribution in [2.75, 3.05) is 17.5 Å². The smallest absolute Gasteiger partial charge is 0.326 e. The minimum atomic E-state index is -4.18. The van der Waals surface area contributed by atoms with Gasteiger partial charge in [-0.3, -0.25) is 9.10 Å². The summed E-state index contributed by atoms with van der Waals surface area (Å²) in [4.78, 5) is 15.8. The number of fused-ring (bicyclic) bond motifs is 3. The van der Waals surface area contributed by atoms with Gasteiger partial charge in [-0.05, 0) is 48.9 Å². The van der Waals surface area contributed by atoms with E-state index >= 15 is 0 Å². The summed E-state index contributed by atoms with van der Waals surface area (Å²) in [6, 6.07) is 17.0. The number of anilines is 1. The molecule has 3 aromatic carbocycles. The van der Waals surface area contributed by atoms with Crippen LogP contribution in [0.15, 0.2) is 65.6 Å². The number of esters is 1. The minimum absolute atomic E-state index is 0.111. The Balaban J connectivity index is 1.81. The van der Waals surface area contributed by atoms with Crippen LogP contribution in [-0.4, -0.2) is 32.5 Å². The molecule has 0 aliphatic heterocycles. The standard InChI is InChI=1S/C24H22Cl2N2O4S/c1-2-3-10-32-24(29)15-28(33(30,31)19-12-16(25)11-17(26)13-19)18-8-9-23-21(14-18)20-6-4-5-7-22(20)27-23/h4-9,11-14,27H,2-3,10,15H2,1H3. The zero-order chi connectivity index (χ0) is 23.6. The van der Waals surface area contributed by atoms with Crippen LogP contribution in [-0.2, 0) is 19.6 Å². The van der Waals surface area contributed by atoms with E-state index in [2.05, 4.69) is 4.98 Å². The summed E-state index contributed by atoms with van der Waals surface area (Å²) in [5.41, 5.74) is 2.11. The van der Waals surface area contributed by atoms with Crippen LogP contribution < -0.4 is 4.31 Å². The van der Waals surface area contributed by atoms with E-state index in [0.29, 0.717) is 12.1 Å². The van der Waals surface area contributed by atoms with E-state index in [9.17, 15) is 13.2 Å². The number of benzene rings is 3. The van der Waals surface area contributed by atoms with Crippen LogP contribution in [0.4, 0.5) is 5.69 Å². The second-order valence-corrected chi connectivity index (χ2v) is 10.3. The lowest BCUT2D eigenvalue weighted by Crippen LogP contribution is -2.36. The van der Waals surface area contributed by atoms with E-state index in [1.54, 1.807) is 18.2 Å². The van der Waals surface area contributed by atoms with Gasteiger partial charge >= 0.3 is 5.97 Å². The van der Waals surface area contributed by atoms with Crippen molar-refractivity contribution < 1.29 is 17.9 Å². The number of hydrogen-bond donors (Lipinski definition) is 1. The van der Waals surface area contributed by atoms with E-state index in [1.165, 1.54) is 18.2 Å². The summed E-state index contributed by atoms with van der Waals surface area (Å²) in [6.45, 7) is 1.72. The Labute approximate surface area is 202 Å². The molecule has 0 amide bonds. The Morgan fingerprint density at radius 2 is 1.67 bits per heavy atom. The number of aromatic amines is 1. The van der Waals surface area contributed by atoms with Crippen molar-refractivity contribution in [3.8, 4) is 0 Å². The molecule has 33 heavy (non-hydrogen) atoms. The monoisotopic (exact) mass is 504 g/mol. The first-order valence-corrected chi connectivity index (χ1v) is 12.6. The number of rotatable bonds is 8. The van der Waals surface area contributed by atoms with Gasteiger partial charge in [-0.25, -0.2) is 8.42 Å². The third kappa shape index (κ3) is 4.95. The predicted molar refractivity (Wildman–Crippen MR) is 133 cm³/mol. The van der Waals surface area contributed by atoms with Gasteiger partial charge in [-0.1, -0.05) is 54.7 Å². The highest BCUT2D eigenvalue weighted by atomic mass is 35.5. The lowest BCUT2D eigenvalue weighted by Gasteiger charge is -2.24. The quantitative estimate of drug-likeness (QED) is 0.230. The van der Waals surface area contributed by atoms with Crippen molar-refractivity contribution in [2.45, 2.75) is 24.7 Å². The molecule has 0 unspecified atom stereocenters. The third-order valence-corrected chi connectivity index (χ3v) is 7.42. The summed E-state index contributed by atoms with van der Waals surface area (Å²) in [6.07, 6.45) is 1.55. The molecule has 1 N–H and O–H groups in total. The molecule has 1 heterocycles. The summed E-state index contributed by atoms with van der Waals surface area (Å²) in [5.74, 6) is -0.640. The fourth-order valence-corrected chi connectivity index (χ4v) is 5.73. The van der Waals surface area contributed by atoms with E-state index in [-0.39, 0.29) is 21.5 Å². The number of nitrogens with zero attached hydrogens (tertiary/aromatic N) is 1. The van der Waals surface area contributed by atoms with Gasteiger partial charge in [-0.15, -0.1) is 0 Å². The zero-order valence-electron chi connectivity index (χ0n) is 17.8. The summed E-state index contributed by atoms with van der Waals surface area (Å²) in [5, 5.41) is 2.15. The SMILES string of the molecule is CCCCOC(=O)CN(c1ccc2[nH]c3ccccc3c2c1)S(=O)(=O)c1cc(Cl)cc(Cl)c1. The molecule has 0 aliphatic rings. The van der Waals surface area contributed by atoms with E-state index in [1.807, 2.05) is 31.2 Å². The summed E-state index contributed by atoms with van der Waals surface area (Å²) >= 11 is 12.1. The second kappa shape index (κ2) is 9.63. The normalized spacial score (nSPS) is 11.7. The number of aromatic nitrogens is 1. The molecule has 4 aromatic rings. The molecule has 0 radical (unpaired) electrons. The van der Waals surface area contributed by atoms with Crippen LogP contribution in [0.25, 0.3) is 21.8 Å². The maximum atomic E-state index is 13.6. The van der Waals surface area contributed by atoms with Gasteiger partial charge in [0.25, 0.3) is 10.0 Å². The van der Waals surface area contributed by atoms with Crippen molar-refractivity contribution >= 4 is 66.7 Å². The van der Waals surface area contributed by atoms with Gasteiger partial charge in [0, 0.05) is 31.9 Å². The fraction of sp³-hybridized carbons (Fsp3) is 0.208. The van der Waals surface area contributed by atoms with Crippen LogP contribution in [0.1, 0.15) is 19.8 Å². The molecular weight excluding hydrogens is 483 g/mol. The molecule has 0 bridgehead atoms. The van der Waals surface area contributed by atoms with Crippen molar-refractivity contribution in [1.29, 1.82) is 0 Å². The van der Waals surface area contributed by atoms with E-state index in [4.69, 9.17) is 27.9 Å². The van der Waals surface area contributed by atoms with Gasteiger partial charge in [0.15, 0.2) is 0 Å². The molecule has 0 fully saturated rings. The summed E-state index contributed by atoms with van der Waals surface area (Å²) < 4.78 is 33.6. The molecule has 0 aliphatic carbocycles. The van der Waals surface area contributed by atoms with Gasteiger partial charge in [0.1, 0.15) is 6.54 Å². The van der Waals surface area contributed by atoms with Gasteiger partial charge in [0.2, 0.25) is 0 Å². The second-order valence-electron chi connectivity index (χ2n) is 7.59. The largest absolute Gasteiger partial charge is 0.464 e. The van der Waals surface area contributed by atoms with Gasteiger partial charge in [0.05, 0.1) is 17.2 Å². The van der Waals surface area contributed by atoms with Crippen LogP contribution in [0, 0.1) is 0 Å². The summed E-state index contributed by atoms with van der Waals surface area (Å²) in [7, 11) is -4.18. The molecule has 9 heteroatoms. The Bertz CT molecular complexity index is 1410. The number of H-pyrrole nitrogens is 1. The van der Waals surface area contributed by atoms with Crippen LogP contribution >= 0.6 is 23.2 Å². The van der Waals surface area contributed by atoms with Gasteiger partial charge < -0.3 is 9.72 Å². The molecule has 0 spiro atoms. The molecule has 0 saturated heterocycles. The molecule has 4 rings (SSSR count). The molecule has 6 nitrogen and oxygen atoms in total. The highest BCUT2D eigenvalue weighted by molar-refractivity contribution is 7.92. The Morgan fingerprint density at radius 3 is 2.39 bits per heavy atom. The predicted octanol–water partition coefficient (Wildman–Crippen LogP) is 6.17. The topological polar surface area (TPSA) is 79.5 Å². The van der Waals surface area contributed by atoms with Crippen LogP contribution in [0.5, 0.6) is 0 Å². The zero-order valence-corrected chi connectivity index (χ0v) is 20.2. The number of unbranched alkanes of at least 4 members (excludes halogenated alkanes) is 1. The van der Waals surface area contributed by atoms with E-state index < -0.39 is 22.5 Å². The number of carbonyl (C=O) groups is 1. The fourth-order valence-electron chi connectivity index (χ4n) is 3.60. The first kappa shape index (κ1) is 23.4. The average Bonchev–Trinajstić information content (AvgIpc) is 3.15. The third-order valence-electron chi connectivity index (χ3n) is 5.24. The molecule has 0 atom stereocenters. The molecular formula is C24H22Cl2N2O4S. The number of sulfonamides is 1.